The van der Waals surface area contributed by atoms with Crippen molar-refractivity contribution >= 4 is 23.0 Å². The molecule has 2 rings (SSSR count). The van der Waals surface area contributed by atoms with Crippen molar-refractivity contribution in [2.24, 2.45) is 0 Å². The van der Waals surface area contributed by atoms with Crippen molar-refractivity contribution in [1.82, 2.24) is 4.90 Å². The number of hydrogen-bond acceptors (Lipinski definition) is 3. The minimum Gasteiger partial charge on any atom is -0.467 e. The van der Waals surface area contributed by atoms with Crippen LogP contribution in [0.2, 0.25) is 0 Å². The van der Waals surface area contributed by atoms with Crippen LogP contribution in [-0.4, -0.2) is 16.6 Å². The van der Waals surface area contributed by atoms with E-state index in [0.29, 0.717) is 24.6 Å². The molecular weight excluding hydrogens is 294 g/mol. The van der Waals surface area contributed by atoms with Gasteiger partial charge in [-0.25, -0.2) is 0 Å². The molecule has 1 N–H and O–H groups in total. The number of nitrogens with one attached hydrogen (secondary N) is 1. The van der Waals surface area contributed by atoms with E-state index >= 15 is 0 Å². The van der Waals surface area contributed by atoms with Crippen LogP contribution in [-0.2, 0) is 6.54 Å². The summed E-state index contributed by atoms with van der Waals surface area (Å²) >= 11 is 5.50. The zero-order chi connectivity index (χ0) is 15.9. The van der Waals surface area contributed by atoms with Crippen LogP contribution in [0, 0.1) is 25.2 Å². The van der Waals surface area contributed by atoms with Crippen molar-refractivity contribution in [3.63, 3.8) is 0 Å². The van der Waals surface area contributed by atoms with Gasteiger partial charge in [-0.2, -0.15) is 5.26 Å². The Morgan fingerprint density at radius 3 is 2.82 bits per heavy atom. The van der Waals surface area contributed by atoms with E-state index in [1.807, 2.05) is 36.1 Å². The van der Waals surface area contributed by atoms with Gasteiger partial charge in [0.2, 0.25) is 0 Å². The zero-order valence-electron chi connectivity index (χ0n) is 12.8. The Bertz CT molecular complexity index is 674. The number of thiocarbonyl (C=S) groups is 1. The Kier molecular flexibility index (Phi) is 5.56. The van der Waals surface area contributed by atoms with E-state index in [2.05, 4.69) is 24.4 Å². The van der Waals surface area contributed by atoms with E-state index in [1.165, 1.54) is 5.56 Å². The maximum Gasteiger partial charge on any atom is 0.173 e. The molecule has 1 aromatic heterocycles. The van der Waals surface area contributed by atoms with Crippen molar-refractivity contribution < 1.29 is 4.42 Å². The Morgan fingerprint density at radius 2 is 2.18 bits per heavy atom. The first-order valence-corrected chi connectivity index (χ1v) is 7.53. The van der Waals surface area contributed by atoms with Crippen LogP contribution in [0.15, 0.2) is 41.0 Å². The fraction of sp³-hybridized carbons (Fsp3) is 0.294. The minimum absolute atomic E-state index is 0.412. The van der Waals surface area contributed by atoms with E-state index in [4.69, 9.17) is 21.9 Å². The summed E-state index contributed by atoms with van der Waals surface area (Å²) < 4.78 is 5.37. The summed E-state index contributed by atoms with van der Waals surface area (Å²) in [5.41, 5.74) is 3.34. The molecule has 114 valence electrons. The number of aryl methyl sites for hydroxylation is 2. The van der Waals surface area contributed by atoms with Crippen molar-refractivity contribution in [1.29, 1.82) is 5.26 Å². The molecule has 0 saturated carbocycles. The quantitative estimate of drug-likeness (QED) is 0.845. The van der Waals surface area contributed by atoms with Crippen molar-refractivity contribution in [2.45, 2.75) is 26.8 Å². The standard InChI is InChI=1S/C17H19N3OS/c1-13-6-7-16(14(2)11-13)19-17(22)20(9-4-8-18)12-15-5-3-10-21-15/h3,5-7,10-11H,4,9,12H2,1-2H3,(H,19,22). The Labute approximate surface area is 136 Å². The molecule has 1 aromatic carbocycles. The third-order valence-corrected chi connectivity index (χ3v) is 3.69. The molecule has 5 heteroatoms. The predicted octanol–water partition coefficient (Wildman–Crippen LogP) is 4.01. The average Bonchev–Trinajstić information content (AvgIpc) is 2.99. The summed E-state index contributed by atoms with van der Waals surface area (Å²) in [4.78, 5) is 1.94. The lowest BCUT2D eigenvalue weighted by atomic mass is 10.1. The van der Waals surface area contributed by atoms with Crippen LogP contribution in [0.1, 0.15) is 23.3 Å². The second-order valence-electron chi connectivity index (χ2n) is 5.16. The summed E-state index contributed by atoms with van der Waals surface area (Å²) in [5, 5.41) is 12.7. The third kappa shape index (κ3) is 4.34. The van der Waals surface area contributed by atoms with E-state index in [-0.39, 0.29) is 0 Å². The molecule has 0 amide bonds. The third-order valence-electron chi connectivity index (χ3n) is 3.33. The van der Waals surface area contributed by atoms with Gasteiger partial charge in [-0.05, 0) is 49.8 Å². The van der Waals surface area contributed by atoms with E-state index in [0.717, 1.165) is 17.0 Å². The number of anilines is 1. The molecule has 0 aliphatic rings. The Hall–Kier alpha value is -2.32. The topological polar surface area (TPSA) is 52.2 Å². The molecular formula is C17H19N3OS. The van der Waals surface area contributed by atoms with Crippen molar-refractivity contribution in [3.8, 4) is 6.07 Å². The van der Waals surface area contributed by atoms with Crippen molar-refractivity contribution in [2.75, 3.05) is 11.9 Å². The number of benzene rings is 1. The Morgan fingerprint density at radius 1 is 1.36 bits per heavy atom. The van der Waals surface area contributed by atoms with Gasteiger partial charge in [0.15, 0.2) is 5.11 Å². The van der Waals surface area contributed by atoms with Gasteiger partial charge in [0.1, 0.15) is 5.76 Å². The van der Waals surface area contributed by atoms with E-state index < -0.39 is 0 Å². The lowest BCUT2D eigenvalue weighted by Crippen LogP contribution is -2.35. The van der Waals surface area contributed by atoms with Gasteiger partial charge >= 0.3 is 0 Å². The number of nitrogens with zero attached hydrogens (tertiary/aromatic N) is 2. The molecule has 0 saturated heterocycles. The zero-order valence-corrected chi connectivity index (χ0v) is 13.6. The monoisotopic (exact) mass is 313 g/mol. The van der Waals surface area contributed by atoms with Crippen LogP contribution in [0.25, 0.3) is 0 Å². The summed E-state index contributed by atoms with van der Waals surface area (Å²) in [6, 6.07) is 12.1. The summed E-state index contributed by atoms with van der Waals surface area (Å²) in [5.74, 6) is 0.822. The molecule has 0 spiro atoms. The highest BCUT2D eigenvalue weighted by Crippen LogP contribution is 2.17. The maximum atomic E-state index is 8.82. The highest BCUT2D eigenvalue weighted by Gasteiger charge is 2.12. The van der Waals surface area contributed by atoms with Crippen LogP contribution in [0.3, 0.4) is 0 Å². The largest absolute Gasteiger partial charge is 0.467 e. The molecule has 0 radical (unpaired) electrons. The van der Waals surface area contributed by atoms with Gasteiger partial charge in [0.05, 0.1) is 25.3 Å². The smallest absolute Gasteiger partial charge is 0.173 e. The van der Waals surface area contributed by atoms with Gasteiger partial charge in [0, 0.05) is 12.2 Å². The van der Waals surface area contributed by atoms with E-state index in [9.17, 15) is 0 Å². The van der Waals surface area contributed by atoms with Crippen molar-refractivity contribution in [3.05, 3.63) is 53.5 Å². The SMILES string of the molecule is Cc1ccc(NC(=S)N(CCC#N)Cc2ccco2)c(C)c1. The number of rotatable bonds is 5. The highest BCUT2D eigenvalue weighted by molar-refractivity contribution is 7.80. The lowest BCUT2D eigenvalue weighted by molar-refractivity contribution is 0.371. The molecule has 0 fully saturated rings. The van der Waals surface area contributed by atoms with Crippen LogP contribution in [0.5, 0.6) is 0 Å². The van der Waals surface area contributed by atoms with Crippen LogP contribution >= 0.6 is 12.2 Å². The molecule has 4 nitrogen and oxygen atoms in total. The molecule has 2 aromatic rings. The molecule has 0 unspecified atom stereocenters. The first-order valence-electron chi connectivity index (χ1n) is 7.12. The predicted molar refractivity (Wildman–Crippen MR) is 91.5 cm³/mol. The summed E-state index contributed by atoms with van der Waals surface area (Å²) in [6.45, 7) is 5.22. The Balaban J connectivity index is 2.09. The second kappa shape index (κ2) is 7.62. The van der Waals surface area contributed by atoms with Gasteiger partial charge < -0.3 is 14.6 Å². The van der Waals surface area contributed by atoms with Crippen LogP contribution < -0.4 is 5.32 Å². The first kappa shape index (κ1) is 16.1. The van der Waals surface area contributed by atoms with Gasteiger partial charge in [-0.1, -0.05) is 17.7 Å². The van der Waals surface area contributed by atoms with Gasteiger partial charge in [-0.15, -0.1) is 0 Å². The number of hydrogen-bond donors (Lipinski definition) is 1. The molecule has 0 bridgehead atoms. The maximum absolute atomic E-state index is 8.82. The normalized spacial score (nSPS) is 10.0. The van der Waals surface area contributed by atoms with Crippen LogP contribution in [0.4, 0.5) is 5.69 Å². The molecule has 22 heavy (non-hydrogen) atoms. The molecule has 0 atom stereocenters. The average molecular weight is 313 g/mol. The number of furan rings is 1. The summed E-state index contributed by atoms with van der Waals surface area (Å²) in [6.07, 6.45) is 2.05. The summed E-state index contributed by atoms with van der Waals surface area (Å²) in [7, 11) is 0. The lowest BCUT2D eigenvalue weighted by Gasteiger charge is -2.24. The molecule has 0 aliphatic carbocycles. The fourth-order valence-corrected chi connectivity index (χ4v) is 2.44. The molecule has 0 aliphatic heterocycles. The first-order chi connectivity index (χ1) is 10.6. The van der Waals surface area contributed by atoms with Gasteiger partial charge in [0.25, 0.3) is 0 Å². The fourth-order valence-electron chi connectivity index (χ4n) is 2.18. The molecule has 1 heterocycles. The van der Waals surface area contributed by atoms with Gasteiger partial charge in [-0.3, -0.25) is 0 Å². The minimum atomic E-state index is 0.412. The number of nitriles is 1. The van der Waals surface area contributed by atoms with E-state index in [1.54, 1.807) is 6.26 Å². The second-order valence-corrected chi connectivity index (χ2v) is 5.54. The highest BCUT2D eigenvalue weighted by atomic mass is 32.1.